The van der Waals surface area contributed by atoms with Gasteiger partial charge in [-0.15, -0.1) is 0 Å². The Hall–Kier alpha value is -2.73. The predicted octanol–water partition coefficient (Wildman–Crippen LogP) is 3.44. The zero-order chi connectivity index (χ0) is 18.6. The highest BCUT2D eigenvalue weighted by Crippen LogP contribution is 2.46. The van der Waals surface area contributed by atoms with Crippen molar-refractivity contribution in [3.8, 4) is 5.82 Å². The number of nitrogens with zero attached hydrogens (tertiary/aromatic N) is 4. The lowest BCUT2D eigenvalue weighted by molar-refractivity contribution is 0.0782. The number of likely N-dealkylation sites (N-methyl/N-ethyl adjacent to an activating group) is 1. The third kappa shape index (κ3) is 2.26. The first-order chi connectivity index (χ1) is 13.1. The maximum Gasteiger partial charge on any atom is 0.255 e. The van der Waals surface area contributed by atoms with Crippen LogP contribution in [0.3, 0.4) is 0 Å². The Morgan fingerprint density at radius 1 is 1.37 bits per heavy atom. The summed E-state index contributed by atoms with van der Waals surface area (Å²) in [6.07, 6.45) is 6.44. The van der Waals surface area contributed by atoms with Gasteiger partial charge in [-0.05, 0) is 43.7 Å². The summed E-state index contributed by atoms with van der Waals surface area (Å²) >= 11 is 5.96. The van der Waals surface area contributed by atoms with Crippen LogP contribution in [-0.2, 0) is 5.54 Å². The number of anilines is 1. The SMILES string of the molecule is CCN1c2cccnc2-n2cccc2[C@@]12CCN(C(=O)c1c[nH]c(Cl)c1)C2. The monoisotopic (exact) mass is 381 g/mol. The summed E-state index contributed by atoms with van der Waals surface area (Å²) in [4.78, 5) is 24.8. The molecule has 0 unspecified atom stereocenters. The number of aromatic nitrogens is 3. The molecule has 3 aromatic heterocycles. The highest BCUT2D eigenvalue weighted by molar-refractivity contribution is 6.29. The average molecular weight is 382 g/mol. The van der Waals surface area contributed by atoms with E-state index in [0.29, 0.717) is 23.8 Å². The van der Waals surface area contributed by atoms with E-state index in [0.717, 1.165) is 24.5 Å². The highest BCUT2D eigenvalue weighted by atomic mass is 35.5. The van der Waals surface area contributed by atoms with E-state index in [9.17, 15) is 4.79 Å². The summed E-state index contributed by atoms with van der Waals surface area (Å²) in [5.74, 6) is 0.966. The summed E-state index contributed by atoms with van der Waals surface area (Å²) < 4.78 is 2.17. The molecule has 2 aliphatic rings. The normalized spacial score (nSPS) is 20.8. The van der Waals surface area contributed by atoms with Crippen LogP contribution in [0.4, 0.5) is 5.69 Å². The van der Waals surface area contributed by atoms with Crippen molar-refractivity contribution in [2.45, 2.75) is 18.9 Å². The molecule has 0 aromatic carbocycles. The van der Waals surface area contributed by atoms with Gasteiger partial charge in [0.05, 0.1) is 16.9 Å². The molecule has 0 aliphatic carbocycles. The molecule has 1 fully saturated rings. The maximum absolute atomic E-state index is 13.0. The first-order valence-corrected chi connectivity index (χ1v) is 9.56. The first-order valence-electron chi connectivity index (χ1n) is 9.18. The summed E-state index contributed by atoms with van der Waals surface area (Å²) in [5, 5.41) is 0.481. The van der Waals surface area contributed by atoms with E-state index in [-0.39, 0.29) is 11.4 Å². The number of likely N-dealkylation sites (tertiary alicyclic amines) is 1. The largest absolute Gasteiger partial charge is 0.356 e. The Morgan fingerprint density at radius 3 is 3.04 bits per heavy atom. The molecule has 0 saturated carbocycles. The molecular formula is C20H20ClN5O. The maximum atomic E-state index is 13.0. The van der Waals surface area contributed by atoms with Gasteiger partial charge in [0.25, 0.3) is 5.91 Å². The summed E-state index contributed by atoms with van der Waals surface area (Å²) in [5.41, 5.74) is 2.67. The third-order valence-electron chi connectivity index (χ3n) is 5.77. The van der Waals surface area contributed by atoms with E-state index in [1.165, 1.54) is 5.69 Å². The molecule has 0 bridgehead atoms. The van der Waals surface area contributed by atoms with Crippen molar-refractivity contribution >= 4 is 23.2 Å². The fourth-order valence-electron chi connectivity index (χ4n) is 4.64. The molecule has 6 nitrogen and oxygen atoms in total. The predicted molar refractivity (Wildman–Crippen MR) is 105 cm³/mol. The number of hydrogen-bond donors (Lipinski definition) is 1. The second kappa shape index (κ2) is 5.89. The van der Waals surface area contributed by atoms with Crippen LogP contribution < -0.4 is 4.90 Å². The fourth-order valence-corrected chi connectivity index (χ4v) is 4.81. The Balaban J connectivity index is 1.57. The molecule has 1 saturated heterocycles. The van der Waals surface area contributed by atoms with Gasteiger partial charge < -0.3 is 19.4 Å². The van der Waals surface area contributed by atoms with Gasteiger partial charge >= 0.3 is 0 Å². The van der Waals surface area contributed by atoms with Crippen LogP contribution in [0, 0.1) is 0 Å². The fraction of sp³-hybridized carbons (Fsp3) is 0.300. The van der Waals surface area contributed by atoms with Gasteiger partial charge in [-0.2, -0.15) is 0 Å². The van der Waals surface area contributed by atoms with E-state index in [1.54, 1.807) is 12.3 Å². The van der Waals surface area contributed by atoms with E-state index < -0.39 is 0 Å². The van der Waals surface area contributed by atoms with Crippen LogP contribution in [0.1, 0.15) is 29.4 Å². The minimum absolute atomic E-state index is 0.0150. The summed E-state index contributed by atoms with van der Waals surface area (Å²) in [6.45, 7) is 4.36. The Morgan fingerprint density at radius 2 is 2.26 bits per heavy atom. The van der Waals surface area contributed by atoms with E-state index >= 15 is 0 Å². The molecule has 7 heteroatoms. The number of hydrogen-bond acceptors (Lipinski definition) is 3. The molecular weight excluding hydrogens is 362 g/mol. The smallest absolute Gasteiger partial charge is 0.255 e. The molecule has 27 heavy (non-hydrogen) atoms. The average Bonchev–Trinajstić information content (AvgIpc) is 3.41. The van der Waals surface area contributed by atoms with Crippen molar-refractivity contribution in [1.82, 2.24) is 19.4 Å². The van der Waals surface area contributed by atoms with Crippen molar-refractivity contribution in [1.29, 1.82) is 0 Å². The van der Waals surface area contributed by atoms with Gasteiger partial charge in [0.2, 0.25) is 0 Å². The highest BCUT2D eigenvalue weighted by Gasteiger charge is 2.50. The number of aromatic amines is 1. The number of nitrogens with one attached hydrogen (secondary N) is 1. The van der Waals surface area contributed by atoms with Crippen LogP contribution in [-0.4, -0.2) is 45.0 Å². The van der Waals surface area contributed by atoms with Crippen molar-refractivity contribution in [2.24, 2.45) is 0 Å². The minimum atomic E-state index is -0.246. The number of fused-ring (bicyclic) bond motifs is 4. The second-order valence-corrected chi connectivity index (χ2v) is 7.51. The molecule has 5 heterocycles. The number of carbonyl (C=O) groups is 1. The number of rotatable bonds is 2. The summed E-state index contributed by atoms with van der Waals surface area (Å²) in [7, 11) is 0. The molecule has 0 radical (unpaired) electrons. The lowest BCUT2D eigenvalue weighted by Crippen LogP contribution is -2.52. The van der Waals surface area contributed by atoms with Crippen LogP contribution in [0.15, 0.2) is 48.9 Å². The van der Waals surface area contributed by atoms with Gasteiger partial charge in [0.1, 0.15) is 10.7 Å². The molecule has 138 valence electrons. The molecule has 5 rings (SSSR count). The van der Waals surface area contributed by atoms with Gasteiger partial charge in [0, 0.05) is 38.2 Å². The molecule has 1 spiro atoms. The molecule has 3 aromatic rings. The van der Waals surface area contributed by atoms with Crippen LogP contribution in [0.5, 0.6) is 0 Å². The molecule has 1 N–H and O–H groups in total. The number of carbonyl (C=O) groups excluding carboxylic acids is 1. The van der Waals surface area contributed by atoms with Gasteiger partial charge in [0.15, 0.2) is 5.82 Å². The van der Waals surface area contributed by atoms with E-state index in [1.807, 2.05) is 17.2 Å². The summed E-state index contributed by atoms with van der Waals surface area (Å²) in [6, 6.07) is 10.00. The zero-order valence-electron chi connectivity index (χ0n) is 15.0. The van der Waals surface area contributed by atoms with Gasteiger partial charge in [-0.25, -0.2) is 4.98 Å². The van der Waals surface area contributed by atoms with Gasteiger partial charge in [-0.1, -0.05) is 11.6 Å². The lowest BCUT2D eigenvalue weighted by atomic mass is 9.89. The van der Waals surface area contributed by atoms with Crippen LogP contribution in [0.2, 0.25) is 5.15 Å². The minimum Gasteiger partial charge on any atom is -0.356 e. The number of pyridine rings is 1. The topological polar surface area (TPSA) is 57.2 Å². The number of halogens is 1. The Bertz CT molecular complexity index is 1020. The van der Waals surface area contributed by atoms with E-state index in [2.05, 4.69) is 50.8 Å². The van der Waals surface area contributed by atoms with Crippen molar-refractivity contribution in [2.75, 3.05) is 24.5 Å². The number of amides is 1. The van der Waals surface area contributed by atoms with Crippen LogP contribution >= 0.6 is 11.6 Å². The Kier molecular flexibility index (Phi) is 3.59. The van der Waals surface area contributed by atoms with E-state index in [4.69, 9.17) is 11.6 Å². The zero-order valence-corrected chi connectivity index (χ0v) is 15.8. The molecule has 1 amide bonds. The first kappa shape index (κ1) is 16.4. The van der Waals surface area contributed by atoms with Crippen LogP contribution in [0.25, 0.3) is 5.82 Å². The lowest BCUT2D eigenvalue weighted by Gasteiger charge is -2.46. The number of H-pyrrole nitrogens is 1. The Labute approximate surface area is 162 Å². The van der Waals surface area contributed by atoms with Gasteiger partial charge in [-0.3, -0.25) is 4.79 Å². The van der Waals surface area contributed by atoms with Crippen molar-refractivity contribution < 1.29 is 4.79 Å². The molecule has 2 aliphatic heterocycles. The third-order valence-corrected chi connectivity index (χ3v) is 5.99. The molecule has 1 atom stereocenters. The quantitative estimate of drug-likeness (QED) is 0.739. The standard InChI is InChI=1S/C20H20ClN5O/c1-2-26-15-5-3-8-22-18(15)25-9-4-6-16(25)20(26)7-10-24(13-20)19(27)14-11-17(21)23-12-14/h3-6,8-9,11-12,23H,2,7,10,13H2,1H3/t20-/m0/s1. The van der Waals surface area contributed by atoms with Crippen molar-refractivity contribution in [3.63, 3.8) is 0 Å². The second-order valence-electron chi connectivity index (χ2n) is 7.10. The van der Waals surface area contributed by atoms with Crippen molar-refractivity contribution in [3.05, 3.63) is 65.3 Å².